The predicted molar refractivity (Wildman–Crippen MR) is 264 cm³/mol. The Kier molecular flexibility index (Phi) is 20.3. The van der Waals surface area contributed by atoms with Gasteiger partial charge in [0.1, 0.15) is 0 Å². The van der Waals surface area contributed by atoms with Crippen LogP contribution in [0.15, 0.2) is 97.1 Å². The summed E-state index contributed by atoms with van der Waals surface area (Å²) in [4.78, 5) is 0. The Bertz CT molecular complexity index is 1520. The zero-order valence-corrected chi connectivity index (χ0v) is 41.1. The van der Waals surface area contributed by atoms with Gasteiger partial charge in [-0.2, -0.15) is 0 Å². The lowest BCUT2D eigenvalue weighted by Gasteiger charge is -2.38. The van der Waals surface area contributed by atoms with Crippen LogP contribution in [-0.4, -0.2) is 27.6 Å². The van der Waals surface area contributed by atoms with E-state index in [0.29, 0.717) is 0 Å². The third-order valence-electron chi connectivity index (χ3n) is 12.8. The fraction of sp³-hybridized carbons (Fsp3) is 0.529. The second kappa shape index (κ2) is 24.3. The van der Waals surface area contributed by atoms with Crippen LogP contribution in [-0.2, 0) is 0 Å². The van der Waals surface area contributed by atoms with Crippen molar-refractivity contribution in [3.8, 4) is 0 Å². The minimum absolute atomic E-state index is 0.770. The zero-order chi connectivity index (χ0) is 40.4. The SMILES string of the molecule is CCCC[Si](CCCC)(CCCC)c1ccc(P(c2ccc([Si](CCCC)(CCCC)CCCC)cc2)N(C)P(c2ccccc2C)c2ccccc2C)cc1. The molecule has 56 heavy (non-hydrogen) atoms. The quantitative estimate of drug-likeness (QED) is 0.0450. The van der Waals surface area contributed by atoms with Gasteiger partial charge >= 0.3 is 0 Å². The molecule has 0 N–H and O–H groups in total. The Morgan fingerprint density at radius 2 is 0.679 bits per heavy atom. The third-order valence-corrected chi connectivity index (χ3v) is 29.5. The molecular weight excluding hydrogens is 745 g/mol. The van der Waals surface area contributed by atoms with E-state index in [-0.39, 0.29) is 0 Å². The smallest absolute Gasteiger partial charge is 0.0867 e. The summed E-state index contributed by atoms with van der Waals surface area (Å²) in [5.74, 6) is 0. The molecule has 5 heteroatoms. The van der Waals surface area contributed by atoms with Crippen molar-refractivity contribution < 1.29 is 0 Å². The van der Waals surface area contributed by atoms with Crippen molar-refractivity contribution in [3.05, 3.63) is 108 Å². The molecule has 4 rings (SSSR count). The van der Waals surface area contributed by atoms with Crippen LogP contribution in [0.4, 0.5) is 0 Å². The summed E-state index contributed by atoms with van der Waals surface area (Å²) in [6, 6.07) is 48.1. The van der Waals surface area contributed by atoms with Crippen LogP contribution in [0.1, 0.15) is 130 Å². The summed E-state index contributed by atoms with van der Waals surface area (Å²) in [6.45, 7) is 19.0. The van der Waals surface area contributed by atoms with Gasteiger partial charge < -0.3 is 0 Å². The molecule has 0 amide bonds. The molecule has 306 valence electrons. The number of aryl methyl sites for hydroxylation is 2. The van der Waals surface area contributed by atoms with Gasteiger partial charge in [0.2, 0.25) is 0 Å². The van der Waals surface area contributed by atoms with Gasteiger partial charge in [-0.25, -0.2) is 4.44 Å². The first-order valence-electron chi connectivity index (χ1n) is 22.9. The van der Waals surface area contributed by atoms with Crippen LogP contribution in [0.25, 0.3) is 0 Å². The van der Waals surface area contributed by atoms with E-state index >= 15 is 0 Å². The molecule has 0 saturated heterocycles. The number of unbranched alkanes of at least 4 members (excludes halogenated alkanes) is 6. The van der Waals surface area contributed by atoms with Crippen LogP contribution < -0.4 is 31.6 Å². The molecule has 0 saturated carbocycles. The summed E-state index contributed by atoms with van der Waals surface area (Å²) in [6.07, 6.45) is 16.1. The fourth-order valence-corrected chi connectivity index (χ4v) is 26.3. The van der Waals surface area contributed by atoms with E-state index in [4.69, 9.17) is 0 Å². The summed E-state index contributed by atoms with van der Waals surface area (Å²) < 4.78 is 2.84. The minimum Gasteiger partial charge on any atom is -0.248 e. The van der Waals surface area contributed by atoms with Crippen molar-refractivity contribution >= 4 is 63.9 Å². The van der Waals surface area contributed by atoms with E-state index < -0.39 is 32.3 Å². The maximum absolute atomic E-state index is 2.84. The molecule has 4 aromatic carbocycles. The zero-order valence-electron chi connectivity index (χ0n) is 37.3. The summed E-state index contributed by atoms with van der Waals surface area (Å²) >= 11 is 0. The molecule has 1 nitrogen and oxygen atoms in total. The van der Waals surface area contributed by atoms with Crippen LogP contribution in [0.2, 0.25) is 36.3 Å². The molecule has 0 heterocycles. The fourth-order valence-electron chi connectivity index (χ4n) is 9.24. The molecule has 0 aliphatic carbocycles. The number of nitrogens with zero attached hydrogens (tertiary/aromatic N) is 1. The van der Waals surface area contributed by atoms with Crippen LogP contribution in [0, 0.1) is 13.8 Å². The van der Waals surface area contributed by atoms with Crippen LogP contribution >= 0.6 is 16.1 Å². The highest BCUT2D eigenvalue weighted by molar-refractivity contribution is 7.84. The van der Waals surface area contributed by atoms with Crippen molar-refractivity contribution in [2.24, 2.45) is 0 Å². The topological polar surface area (TPSA) is 3.24 Å². The average molecular weight is 824 g/mol. The van der Waals surface area contributed by atoms with Gasteiger partial charge in [0, 0.05) is 16.1 Å². The molecule has 0 radical (unpaired) electrons. The number of benzene rings is 4. The van der Waals surface area contributed by atoms with Crippen molar-refractivity contribution in [2.75, 3.05) is 7.05 Å². The molecule has 0 unspecified atom stereocenters. The molecule has 0 fully saturated rings. The number of rotatable bonds is 26. The van der Waals surface area contributed by atoms with E-state index in [1.807, 2.05) is 0 Å². The first-order valence-corrected chi connectivity index (χ1v) is 30.7. The van der Waals surface area contributed by atoms with E-state index in [1.165, 1.54) is 146 Å². The third kappa shape index (κ3) is 12.1. The number of hydrogen-bond acceptors (Lipinski definition) is 1. The van der Waals surface area contributed by atoms with Gasteiger partial charge in [0.05, 0.1) is 16.1 Å². The average Bonchev–Trinajstić information content (AvgIpc) is 3.23. The highest BCUT2D eigenvalue weighted by Gasteiger charge is 2.36. The maximum Gasteiger partial charge on any atom is 0.0867 e. The normalized spacial score (nSPS) is 12.4. The van der Waals surface area contributed by atoms with E-state index in [9.17, 15) is 0 Å². The van der Waals surface area contributed by atoms with Crippen LogP contribution in [0.5, 0.6) is 0 Å². The molecule has 0 aliphatic heterocycles. The monoisotopic (exact) mass is 824 g/mol. The Morgan fingerprint density at radius 1 is 0.393 bits per heavy atom. The molecule has 0 atom stereocenters. The van der Waals surface area contributed by atoms with Gasteiger partial charge in [-0.05, 0) is 53.2 Å². The molecule has 4 aromatic rings. The molecule has 0 bridgehead atoms. The molecular formula is C51H79NP2Si2. The molecule has 0 spiro atoms. The molecule has 0 aromatic heterocycles. The van der Waals surface area contributed by atoms with E-state index in [2.05, 4.69) is 164 Å². The first-order chi connectivity index (χ1) is 27.2. The highest BCUT2D eigenvalue weighted by Crippen LogP contribution is 2.53. The van der Waals surface area contributed by atoms with Gasteiger partial charge in [0.15, 0.2) is 0 Å². The van der Waals surface area contributed by atoms with Crippen molar-refractivity contribution in [3.63, 3.8) is 0 Å². The van der Waals surface area contributed by atoms with E-state index in [0.717, 1.165) is 0 Å². The standard InChI is InChI=1S/C51H79NP2Si2/c1-10-16-38-55(39-17-11-2,40-18-12-3)48-34-30-46(31-35-48)53(52(9)54(50-28-24-22-26-44(50)7)51-29-25-23-27-45(51)8)47-32-36-49(37-33-47)56(41-19-13-4,42-20-14-5)43-21-15-6/h22-37H,10-21,38-43H2,1-9H3. The highest BCUT2D eigenvalue weighted by atomic mass is 31.2. The summed E-state index contributed by atoms with van der Waals surface area (Å²) in [7, 11) is -2.30. The minimum atomic E-state index is -1.60. The summed E-state index contributed by atoms with van der Waals surface area (Å²) in [5.41, 5.74) is 2.79. The largest absolute Gasteiger partial charge is 0.248 e. The van der Waals surface area contributed by atoms with E-state index in [1.54, 1.807) is 10.4 Å². The molecule has 0 aliphatic rings. The Hall–Kier alpha value is -1.87. The van der Waals surface area contributed by atoms with Gasteiger partial charge in [-0.3, -0.25) is 0 Å². The van der Waals surface area contributed by atoms with Crippen molar-refractivity contribution in [1.82, 2.24) is 4.44 Å². The lowest BCUT2D eigenvalue weighted by Crippen LogP contribution is -2.48. The van der Waals surface area contributed by atoms with Crippen LogP contribution in [0.3, 0.4) is 0 Å². The summed E-state index contributed by atoms with van der Waals surface area (Å²) in [5, 5.41) is 9.42. The Morgan fingerprint density at radius 3 is 0.946 bits per heavy atom. The second-order valence-electron chi connectivity index (χ2n) is 17.0. The maximum atomic E-state index is 2.84. The van der Waals surface area contributed by atoms with Crippen molar-refractivity contribution in [1.29, 1.82) is 0 Å². The Labute approximate surface area is 350 Å². The van der Waals surface area contributed by atoms with Crippen molar-refractivity contribution in [2.45, 2.75) is 169 Å². The number of hydrogen-bond donors (Lipinski definition) is 0. The van der Waals surface area contributed by atoms with Gasteiger partial charge in [-0.15, -0.1) is 0 Å². The Balaban J connectivity index is 1.92. The van der Waals surface area contributed by atoms with Gasteiger partial charge in [0.25, 0.3) is 0 Å². The first kappa shape index (κ1) is 46.8. The lowest BCUT2D eigenvalue weighted by molar-refractivity contribution is 0.800. The predicted octanol–water partition coefficient (Wildman–Crippen LogP) is 13.7. The lowest BCUT2D eigenvalue weighted by atomic mass is 10.2. The van der Waals surface area contributed by atoms with Gasteiger partial charge in [-0.1, -0.05) is 262 Å². The second-order valence-corrected chi connectivity index (χ2v) is 31.0.